The molecule has 0 fully saturated rings. The van der Waals surface area contributed by atoms with Crippen molar-refractivity contribution in [3.63, 3.8) is 0 Å². The Hall–Kier alpha value is -2.18. The Kier molecular flexibility index (Phi) is 4.45. The number of aliphatic hydroxyl groups is 1. The van der Waals surface area contributed by atoms with Crippen molar-refractivity contribution in [3.8, 4) is 0 Å². The molecule has 3 aromatic rings. The first-order valence-corrected chi connectivity index (χ1v) is 8.00. The van der Waals surface area contributed by atoms with E-state index < -0.39 is 12.0 Å². The van der Waals surface area contributed by atoms with Gasteiger partial charge < -0.3 is 15.4 Å². The molecule has 1 amide bonds. The summed E-state index contributed by atoms with van der Waals surface area (Å²) >= 11 is 3.40. The summed E-state index contributed by atoms with van der Waals surface area (Å²) in [6, 6.07) is 15.1. The minimum atomic E-state index is -0.711. The third kappa shape index (κ3) is 3.43. The lowest BCUT2D eigenvalue weighted by atomic mass is 10.1. The molecule has 1 aromatic heterocycles. The van der Waals surface area contributed by atoms with Crippen molar-refractivity contribution < 1.29 is 9.90 Å². The Bertz CT molecular complexity index is 860. The maximum absolute atomic E-state index is 11.3. The first-order chi connectivity index (χ1) is 11.0. The van der Waals surface area contributed by atoms with Gasteiger partial charge in [0.1, 0.15) is 5.82 Å². The van der Waals surface area contributed by atoms with E-state index in [4.69, 9.17) is 5.73 Å². The highest BCUT2D eigenvalue weighted by molar-refractivity contribution is 9.10. The van der Waals surface area contributed by atoms with E-state index in [1.165, 1.54) is 0 Å². The lowest BCUT2D eigenvalue weighted by Gasteiger charge is -2.15. The van der Waals surface area contributed by atoms with Crippen molar-refractivity contribution in [2.45, 2.75) is 19.1 Å². The van der Waals surface area contributed by atoms with Gasteiger partial charge in [0.05, 0.1) is 30.1 Å². The number of hydrogen-bond acceptors (Lipinski definition) is 3. The number of carbonyl (C=O) groups excluding carboxylic acids is 1. The SMILES string of the molecule is NC(=O)Cc1nc2ccccc2n1C[C@@H](O)c1cccc(Br)c1. The zero-order valence-corrected chi connectivity index (χ0v) is 13.9. The summed E-state index contributed by atoms with van der Waals surface area (Å²) in [5.74, 6) is 0.117. The molecule has 3 N–H and O–H groups in total. The van der Waals surface area contributed by atoms with Crippen molar-refractivity contribution in [2.75, 3.05) is 0 Å². The van der Waals surface area contributed by atoms with Gasteiger partial charge in [-0.25, -0.2) is 4.98 Å². The zero-order chi connectivity index (χ0) is 16.4. The highest BCUT2D eigenvalue weighted by atomic mass is 79.9. The van der Waals surface area contributed by atoms with Crippen molar-refractivity contribution in [2.24, 2.45) is 5.73 Å². The Morgan fingerprint density at radius 1 is 1.26 bits per heavy atom. The molecule has 0 radical (unpaired) electrons. The number of benzene rings is 2. The van der Waals surface area contributed by atoms with Crippen molar-refractivity contribution in [1.82, 2.24) is 9.55 Å². The fourth-order valence-electron chi connectivity index (χ4n) is 2.61. The number of nitrogens with zero attached hydrogens (tertiary/aromatic N) is 2. The van der Waals surface area contributed by atoms with E-state index in [1.807, 2.05) is 53.1 Å². The van der Waals surface area contributed by atoms with E-state index in [0.29, 0.717) is 12.4 Å². The van der Waals surface area contributed by atoms with Crippen LogP contribution in [0.15, 0.2) is 53.0 Å². The van der Waals surface area contributed by atoms with Crippen LogP contribution in [0.1, 0.15) is 17.5 Å². The summed E-state index contributed by atoms with van der Waals surface area (Å²) in [5, 5.41) is 10.5. The van der Waals surface area contributed by atoms with Crippen molar-refractivity contribution >= 4 is 32.9 Å². The number of aromatic nitrogens is 2. The number of primary amides is 1. The van der Waals surface area contributed by atoms with E-state index in [1.54, 1.807) is 0 Å². The minimum Gasteiger partial charge on any atom is -0.387 e. The second-order valence-corrected chi connectivity index (χ2v) is 6.26. The molecule has 3 rings (SSSR count). The van der Waals surface area contributed by atoms with Gasteiger partial charge in [-0.05, 0) is 29.8 Å². The number of nitrogens with two attached hydrogens (primary N) is 1. The van der Waals surface area contributed by atoms with Crippen LogP contribution in [0.5, 0.6) is 0 Å². The quantitative estimate of drug-likeness (QED) is 0.720. The lowest BCUT2D eigenvalue weighted by Crippen LogP contribution is -2.19. The molecular formula is C17H16BrN3O2. The summed E-state index contributed by atoms with van der Waals surface area (Å²) in [4.78, 5) is 15.8. The Balaban J connectivity index is 1.99. The highest BCUT2D eigenvalue weighted by Gasteiger charge is 2.16. The van der Waals surface area contributed by atoms with Gasteiger partial charge >= 0.3 is 0 Å². The highest BCUT2D eigenvalue weighted by Crippen LogP contribution is 2.23. The molecule has 5 nitrogen and oxygen atoms in total. The smallest absolute Gasteiger partial charge is 0.225 e. The zero-order valence-electron chi connectivity index (χ0n) is 12.3. The fourth-order valence-corrected chi connectivity index (χ4v) is 3.03. The molecule has 118 valence electrons. The number of aliphatic hydroxyl groups excluding tert-OH is 1. The average molecular weight is 374 g/mol. The Labute approximate surface area is 141 Å². The average Bonchev–Trinajstić information content (AvgIpc) is 2.84. The summed E-state index contributed by atoms with van der Waals surface area (Å²) in [7, 11) is 0. The summed E-state index contributed by atoms with van der Waals surface area (Å²) in [6.45, 7) is 0.305. The molecule has 1 heterocycles. The van der Waals surface area contributed by atoms with Gasteiger partial charge in [-0.15, -0.1) is 0 Å². The number of para-hydroxylation sites is 2. The molecule has 0 saturated heterocycles. The van der Waals surface area contributed by atoms with E-state index in [-0.39, 0.29) is 6.42 Å². The summed E-state index contributed by atoms with van der Waals surface area (Å²) < 4.78 is 2.76. The molecular weight excluding hydrogens is 358 g/mol. The molecule has 6 heteroatoms. The van der Waals surface area contributed by atoms with Crippen LogP contribution in [-0.2, 0) is 17.8 Å². The number of fused-ring (bicyclic) bond motifs is 1. The van der Waals surface area contributed by atoms with Gasteiger partial charge in [0.25, 0.3) is 0 Å². The number of rotatable bonds is 5. The monoisotopic (exact) mass is 373 g/mol. The normalized spacial score (nSPS) is 12.4. The predicted octanol–water partition coefficient (Wildman–Crippen LogP) is 2.56. The maximum atomic E-state index is 11.3. The van der Waals surface area contributed by atoms with E-state index >= 15 is 0 Å². The molecule has 1 atom stereocenters. The fraction of sp³-hybridized carbons (Fsp3) is 0.176. The molecule has 0 aliphatic heterocycles. The van der Waals surface area contributed by atoms with Crippen LogP contribution in [-0.4, -0.2) is 20.6 Å². The number of imidazole rings is 1. The number of amides is 1. The molecule has 0 bridgehead atoms. The second-order valence-electron chi connectivity index (χ2n) is 5.34. The summed E-state index contributed by atoms with van der Waals surface area (Å²) in [5.41, 5.74) is 7.77. The molecule has 2 aromatic carbocycles. The standard InChI is InChI=1S/C17H16BrN3O2/c18-12-5-3-4-11(8-12)15(22)10-21-14-7-2-1-6-13(14)20-17(21)9-16(19)23/h1-8,15,22H,9-10H2,(H2,19,23)/t15-/m1/s1. The number of carbonyl (C=O) groups is 1. The van der Waals surface area contributed by atoms with E-state index in [2.05, 4.69) is 20.9 Å². The molecule has 0 unspecified atom stereocenters. The first kappa shape index (κ1) is 15.7. The minimum absolute atomic E-state index is 0.0416. The van der Waals surface area contributed by atoms with Gasteiger partial charge in [-0.1, -0.05) is 40.2 Å². The number of halogens is 1. The number of hydrogen-bond donors (Lipinski definition) is 2. The van der Waals surface area contributed by atoms with Crippen molar-refractivity contribution in [3.05, 3.63) is 64.4 Å². The molecule has 0 spiro atoms. The van der Waals surface area contributed by atoms with Gasteiger partial charge in [0.15, 0.2) is 0 Å². The maximum Gasteiger partial charge on any atom is 0.225 e. The van der Waals surface area contributed by atoms with Crippen LogP contribution >= 0.6 is 15.9 Å². The van der Waals surface area contributed by atoms with Crippen molar-refractivity contribution in [1.29, 1.82) is 0 Å². The van der Waals surface area contributed by atoms with Crippen LogP contribution in [0, 0.1) is 0 Å². The van der Waals surface area contributed by atoms with E-state index in [9.17, 15) is 9.90 Å². The van der Waals surface area contributed by atoms with Crippen LogP contribution in [0.3, 0.4) is 0 Å². The molecule has 0 aliphatic carbocycles. The predicted molar refractivity (Wildman–Crippen MR) is 91.7 cm³/mol. The third-order valence-electron chi connectivity index (χ3n) is 3.65. The summed E-state index contributed by atoms with van der Waals surface area (Å²) in [6.07, 6.45) is -0.670. The van der Waals surface area contributed by atoms with Crippen LogP contribution in [0.2, 0.25) is 0 Å². The van der Waals surface area contributed by atoms with Gasteiger partial charge in [0, 0.05) is 4.47 Å². The molecule has 23 heavy (non-hydrogen) atoms. The van der Waals surface area contributed by atoms with Crippen LogP contribution < -0.4 is 5.73 Å². The third-order valence-corrected chi connectivity index (χ3v) is 4.15. The second kappa shape index (κ2) is 6.52. The largest absolute Gasteiger partial charge is 0.387 e. The van der Waals surface area contributed by atoms with Gasteiger partial charge in [0.2, 0.25) is 5.91 Å². The topological polar surface area (TPSA) is 81.1 Å². The van der Waals surface area contributed by atoms with Gasteiger partial charge in [-0.3, -0.25) is 4.79 Å². The van der Waals surface area contributed by atoms with E-state index in [0.717, 1.165) is 21.1 Å². The Morgan fingerprint density at radius 3 is 2.78 bits per heavy atom. The first-order valence-electron chi connectivity index (χ1n) is 7.20. The van der Waals surface area contributed by atoms with Gasteiger partial charge in [-0.2, -0.15) is 0 Å². The van der Waals surface area contributed by atoms with Crippen LogP contribution in [0.25, 0.3) is 11.0 Å². The Morgan fingerprint density at radius 2 is 2.04 bits per heavy atom. The van der Waals surface area contributed by atoms with Crippen LogP contribution in [0.4, 0.5) is 0 Å². The lowest BCUT2D eigenvalue weighted by molar-refractivity contribution is -0.117. The molecule has 0 saturated carbocycles. The molecule has 0 aliphatic rings.